The summed E-state index contributed by atoms with van der Waals surface area (Å²) >= 11 is 0. The van der Waals surface area contributed by atoms with Crippen LogP contribution in [0.15, 0.2) is 60.8 Å². The van der Waals surface area contributed by atoms with Gasteiger partial charge in [0, 0.05) is 37.3 Å². The Morgan fingerprint density at radius 2 is 1.86 bits per heavy atom. The summed E-state index contributed by atoms with van der Waals surface area (Å²) in [4.78, 5) is 22.9. The first-order valence-electron chi connectivity index (χ1n) is 7.25. The minimum Gasteiger partial charge on any atom is -0.340 e. The van der Waals surface area contributed by atoms with Crippen molar-refractivity contribution < 1.29 is 4.79 Å². The number of para-hydroxylation sites is 1. The molecule has 4 heteroatoms. The van der Waals surface area contributed by atoms with Gasteiger partial charge in [0.15, 0.2) is 0 Å². The van der Waals surface area contributed by atoms with Crippen LogP contribution in [0.2, 0.25) is 0 Å². The SMILES string of the molecule is CN(CCc1ccccn1)C(=O)c1ccc2ccccc2n1. The van der Waals surface area contributed by atoms with E-state index in [1.807, 2.05) is 48.5 Å². The number of likely N-dealkylation sites (N-methyl/N-ethyl adjacent to an activating group) is 1. The van der Waals surface area contributed by atoms with Crippen LogP contribution in [0.4, 0.5) is 0 Å². The van der Waals surface area contributed by atoms with Crippen molar-refractivity contribution in [3.63, 3.8) is 0 Å². The summed E-state index contributed by atoms with van der Waals surface area (Å²) in [7, 11) is 1.79. The highest BCUT2D eigenvalue weighted by atomic mass is 16.2. The average molecular weight is 291 g/mol. The number of nitrogens with zero attached hydrogens (tertiary/aromatic N) is 3. The van der Waals surface area contributed by atoms with Crippen LogP contribution in [-0.4, -0.2) is 34.4 Å². The molecule has 0 saturated carbocycles. The summed E-state index contributed by atoms with van der Waals surface area (Å²) in [5.41, 5.74) is 2.29. The average Bonchev–Trinajstić information content (AvgIpc) is 2.59. The van der Waals surface area contributed by atoms with Crippen LogP contribution in [0.5, 0.6) is 0 Å². The Labute approximate surface area is 129 Å². The first-order chi connectivity index (χ1) is 10.7. The number of rotatable bonds is 4. The fourth-order valence-electron chi connectivity index (χ4n) is 2.31. The van der Waals surface area contributed by atoms with E-state index in [-0.39, 0.29) is 5.91 Å². The Morgan fingerprint density at radius 1 is 1.05 bits per heavy atom. The molecule has 0 aliphatic heterocycles. The molecule has 22 heavy (non-hydrogen) atoms. The molecule has 0 aliphatic carbocycles. The van der Waals surface area contributed by atoms with Gasteiger partial charge in [0.1, 0.15) is 5.69 Å². The van der Waals surface area contributed by atoms with Crippen LogP contribution in [-0.2, 0) is 6.42 Å². The summed E-state index contributed by atoms with van der Waals surface area (Å²) in [6, 6.07) is 17.3. The summed E-state index contributed by atoms with van der Waals surface area (Å²) < 4.78 is 0. The van der Waals surface area contributed by atoms with Gasteiger partial charge in [-0.25, -0.2) is 4.98 Å². The van der Waals surface area contributed by atoms with Crippen LogP contribution in [0.3, 0.4) is 0 Å². The lowest BCUT2D eigenvalue weighted by atomic mass is 10.2. The number of fused-ring (bicyclic) bond motifs is 1. The van der Waals surface area contributed by atoms with E-state index in [0.29, 0.717) is 12.2 Å². The molecule has 0 fully saturated rings. The van der Waals surface area contributed by atoms with Gasteiger partial charge in [0.05, 0.1) is 5.52 Å². The maximum absolute atomic E-state index is 12.5. The summed E-state index contributed by atoms with van der Waals surface area (Å²) in [5, 5.41) is 1.04. The second kappa shape index (κ2) is 6.35. The highest BCUT2D eigenvalue weighted by Gasteiger charge is 2.13. The molecule has 1 amide bonds. The molecule has 0 spiro atoms. The molecule has 3 aromatic rings. The van der Waals surface area contributed by atoms with Crippen LogP contribution in [0, 0.1) is 0 Å². The Morgan fingerprint density at radius 3 is 2.68 bits per heavy atom. The number of carbonyl (C=O) groups excluding carboxylic acids is 1. The molecule has 0 N–H and O–H groups in total. The molecule has 2 heterocycles. The lowest BCUT2D eigenvalue weighted by Gasteiger charge is -2.16. The minimum absolute atomic E-state index is 0.0679. The molecule has 0 aliphatic rings. The second-order valence-electron chi connectivity index (χ2n) is 5.19. The zero-order valence-electron chi connectivity index (χ0n) is 12.4. The van der Waals surface area contributed by atoms with Gasteiger partial charge in [-0.05, 0) is 24.3 Å². The monoisotopic (exact) mass is 291 g/mol. The first kappa shape index (κ1) is 14.2. The summed E-state index contributed by atoms with van der Waals surface area (Å²) in [6.45, 7) is 0.615. The van der Waals surface area contributed by atoms with Gasteiger partial charge in [0.2, 0.25) is 0 Å². The third kappa shape index (κ3) is 3.11. The molecule has 4 nitrogen and oxygen atoms in total. The maximum atomic E-state index is 12.5. The Kier molecular flexibility index (Phi) is 4.10. The zero-order chi connectivity index (χ0) is 15.4. The number of hydrogen-bond donors (Lipinski definition) is 0. The number of benzene rings is 1. The molecule has 110 valence electrons. The smallest absolute Gasteiger partial charge is 0.272 e. The van der Waals surface area contributed by atoms with Gasteiger partial charge < -0.3 is 4.90 Å². The van der Waals surface area contributed by atoms with Crippen molar-refractivity contribution in [2.75, 3.05) is 13.6 Å². The first-order valence-corrected chi connectivity index (χ1v) is 7.25. The number of hydrogen-bond acceptors (Lipinski definition) is 3. The van der Waals surface area contributed by atoms with E-state index in [1.54, 1.807) is 24.2 Å². The van der Waals surface area contributed by atoms with Crippen molar-refractivity contribution in [3.05, 3.63) is 72.2 Å². The molecular weight excluding hydrogens is 274 g/mol. The van der Waals surface area contributed by atoms with Gasteiger partial charge in [0.25, 0.3) is 5.91 Å². The van der Waals surface area contributed by atoms with E-state index in [1.165, 1.54) is 0 Å². The van der Waals surface area contributed by atoms with Crippen molar-refractivity contribution in [2.24, 2.45) is 0 Å². The quantitative estimate of drug-likeness (QED) is 0.742. The lowest BCUT2D eigenvalue weighted by molar-refractivity contribution is 0.0791. The Balaban J connectivity index is 1.71. The summed E-state index contributed by atoms with van der Waals surface area (Å²) in [6.07, 6.45) is 2.50. The van der Waals surface area contributed by atoms with E-state index >= 15 is 0 Å². The van der Waals surface area contributed by atoms with Gasteiger partial charge in [-0.2, -0.15) is 0 Å². The van der Waals surface area contributed by atoms with E-state index in [0.717, 1.165) is 23.0 Å². The van der Waals surface area contributed by atoms with Crippen LogP contribution < -0.4 is 0 Å². The van der Waals surface area contributed by atoms with Crippen molar-refractivity contribution in [1.29, 1.82) is 0 Å². The molecule has 0 bridgehead atoms. The predicted molar refractivity (Wildman–Crippen MR) is 86.6 cm³/mol. The molecule has 0 unspecified atom stereocenters. The molecule has 0 saturated heterocycles. The number of carbonyl (C=O) groups is 1. The minimum atomic E-state index is -0.0679. The van der Waals surface area contributed by atoms with Crippen LogP contribution in [0.25, 0.3) is 10.9 Å². The van der Waals surface area contributed by atoms with Crippen molar-refractivity contribution >= 4 is 16.8 Å². The molecule has 3 rings (SSSR count). The van der Waals surface area contributed by atoms with Crippen LogP contribution in [0.1, 0.15) is 16.2 Å². The third-order valence-electron chi connectivity index (χ3n) is 3.59. The van der Waals surface area contributed by atoms with Gasteiger partial charge in [-0.3, -0.25) is 9.78 Å². The standard InChI is InChI=1S/C18H17N3O/c1-21(13-11-15-7-4-5-12-19-15)18(22)17-10-9-14-6-2-3-8-16(14)20-17/h2-10,12H,11,13H2,1H3. The summed E-state index contributed by atoms with van der Waals surface area (Å²) in [5.74, 6) is -0.0679. The molecular formula is C18H17N3O. The fourth-order valence-corrected chi connectivity index (χ4v) is 2.31. The van der Waals surface area contributed by atoms with Gasteiger partial charge in [-0.15, -0.1) is 0 Å². The van der Waals surface area contributed by atoms with E-state index in [2.05, 4.69) is 9.97 Å². The predicted octanol–water partition coefficient (Wildman–Crippen LogP) is 2.94. The molecule has 0 atom stereocenters. The number of amides is 1. The molecule has 0 radical (unpaired) electrons. The highest BCUT2D eigenvalue weighted by Crippen LogP contribution is 2.13. The number of aromatic nitrogens is 2. The van der Waals surface area contributed by atoms with Crippen LogP contribution >= 0.6 is 0 Å². The Hall–Kier alpha value is -2.75. The fraction of sp³-hybridized carbons (Fsp3) is 0.167. The highest BCUT2D eigenvalue weighted by molar-refractivity contribution is 5.94. The Bertz CT molecular complexity index is 786. The molecule has 1 aromatic carbocycles. The van der Waals surface area contributed by atoms with Gasteiger partial charge in [-0.1, -0.05) is 30.3 Å². The lowest BCUT2D eigenvalue weighted by Crippen LogP contribution is -2.29. The normalized spacial score (nSPS) is 10.6. The zero-order valence-corrected chi connectivity index (χ0v) is 12.4. The van der Waals surface area contributed by atoms with Crippen molar-refractivity contribution in [1.82, 2.24) is 14.9 Å². The topological polar surface area (TPSA) is 46.1 Å². The largest absolute Gasteiger partial charge is 0.340 e. The second-order valence-corrected chi connectivity index (χ2v) is 5.19. The number of pyridine rings is 2. The molecule has 2 aromatic heterocycles. The van der Waals surface area contributed by atoms with E-state index < -0.39 is 0 Å². The van der Waals surface area contributed by atoms with Crippen molar-refractivity contribution in [2.45, 2.75) is 6.42 Å². The third-order valence-corrected chi connectivity index (χ3v) is 3.59. The van der Waals surface area contributed by atoms with Crippen molar-refractivity contribution in [3.8, 4) is 0 Å². The van der Waals surface area contributed by atoms with E-state index in [4.69, 9.17) is 0 Å². The van der Waals surface area contributed by atoms with E-state index in [9.17, 15) is 4.79 Å². The van der Waals surface area contributed by atoms with Gasteiger partial charge >= 0.3 is 0 Å². The maximum Gasteiger partial charge on any atom is 0.272 e.